The van der Waals surface area contributed by atoms with Crippen LogP contribution in [0.25, 0.3) is 10.9 Å². The van der Waals surface area contributed by atoms with E-state index in [9.17, 15) is 33.9 Å². The van der Waals surface area contributed by atoms with Crippen molar-refractivity contribution in [1.82, 2.24) is 40.5 Å². The lowest BCUT2D eigenvalue weighted by atomic mass is 9.85. The van der Waals surface area contributed by atoms with Crippen LogP contribution < -0.4 is 21.3 Å². The lowest BCUT2D eigenvalue weighted by Gasteiger charge is -2.41. The van der Waals surface area contributed by atoms with E-state index in [-0.39, 0.29) is 43.4 Å². The van der Waals surface area contributed by atoms with Crippen molar-refractivity contribution in [3.8, 4) is 0 Å². The van der Waals surface area contributed by atoms with Gasteiger partial charge < -0.3 is 36.0 Å². The minimum atomic E-state index is -1.30. The molecule has 16 nitrogen and oxygen atoms in total. The van der Waals surface area contributed by atoms with Gasteiger partial charge in [-0.3, -0.25) is 33.5 Å². The zero-order valence-electron chi connectivity index (χ0n) is 41.4. The normalized spacial score (nSPS) is 20.2. The van der Waals surface area contributed by atoms with Crippen LogP contribution in [0.5, 0.6) is 0 Å². The number of likely N-dealkylation sites (N-methyl/N-ethyl adjacent to an activating group) is 1. The molecular weight excluding hydrogens is 901 g/mol. The number of rotatable bonds is 14. The molecular formula is C55H66N8O8. The summed E-state index contributed by atoms with van der Waals surface area (Å²) in [6.07, 6.45) is 3.56. The molecule has 16 heteroatoms. The maximum Gasteiger partial charge on any atom is 0.407 e. The predicted octanol–water partition coefficient (Wildman–Crippen LogP) is 6.32. The van der Waals surface area contributed by atoms with Gasteiger partial charge in [-0.15, -0.1) is 0 Å². The largest absolute Gasteiger partial charge is 0.465 e. The van der Waals surface area contributed by atoms with E-state index in [0.29, 0.717) is 25.1 Å². The van der Waals surface area contributed by atoms with Crippen molar-refractivity contribution in [1.29, 1.82) is 0 Å². The van der Waals surface area contributed by atoms with Crippen LogP contribution in [0.3, 0.4) is 0 Å². The zero-order valence-corrected chi connectivity index (χ0v) is 41.4. The van der Waals surface area contributed by atoms with Gasteiger partial charge in [0.1, 0.15) is 18.1 Å². The Balaban J connectivity index is 0.978. The quantitative estimate of drug-likeness (QED) is 0.0847. The number of carboxylic acid groups (broad SMARTS) is 1. The molecule has 4 aromatic carbocycles. The van der Waals surface area contributed by atoms with Crippen molar-refractivity contribution in [2.75, 3.05) is 27.3 Å². The lowest BCUT2D eigenvalue weighted by molar-refractivity contribution is -0.144. The molecule has 1 aromatic heterocycles. The molecule has 5 aromatic rings. The Morgan fingerprint density at radius 2 is 1.55 bits per heavy atom. The first kappa shape index (κ1) is 50.4. The summed E-state index contributed by atoms with van der Waals surface area (Å²) in [4.78, 5) is 87.2. The molecule has 374 valence electrons. The molecule has 0 spiro atoms. The number of nitrogens with one attached hydrogen (secondary N) is 4. The highest BCUT2D eigenvalue weighted by atomic mass is 16.5. The van der Waals surface area contributed by atoms with Gasteiger partial charge in [0.05, 0.1) is 36.3 Å². The molecule has 1 fully saturated rings. The van der Waals surface area contributed by atoms with Crippen molar-refractivity contribution < 1.29 is 38.6 Å². The minimum Gasteiger partial charge on any atom is -0.465 e. The zero-order chi connectivity index (χ0) is 50.6. The monoisotopic (exact) mass is 967 g/mol. The van der Waals surface area contributed by atoms with Crippen molar-refractivity contribution in [2.24, 2.45) is 5.41 Å². The number of carbonyl (C=O) groups excluding carboxylic acids is 5. The lowest BCUT2D eigenvalue weighted by Crippen LogP contribution is -2.60. The molecule has 5 N–H and O–H groups in total. The van der Waals surface area contributed by atoms with Gasteiger partial charge in [-0.2, -0.15) is 0 Å². The number of nitrogens with zero attached hydrogens (tertiary/aromatic N) is 4. The topological polar surface area (TPSA) is 195 Å². The Morgan fingerprint density at radius 1 is 0.845 bits per heavy atom. The summed E-state index contributed by atoms with van der Waals surface area (Å²) in [6.45, 7) is 8.08. The Kier molecular flexibility index (Phi) is 15.3. The van der Waals surface area contributed by atoms with Gasteiger partial charge in [0.2, 0.25) is 23.6 Å². The molecule has 7 atom stereocenters. The number of likely N-dealkylation sites (tertiary alicyclic amines) is 1. The third-order valence-corrected chi connectivity index (χ3v) is 14.5. The van der Waals surface area contributed by atoms with Crippen LogP contribution in [0.4, 0.5) is 9.59 Å². The molecule has 0 saturated carbocycles. The van der Waals surface area contributed by atoms with Crippen LogP contribution in [0.2, 0.25) is 0 Å². The van der Waals surface area contributed by atoms with Crippen LogP contribution in [0.15, 0.2) is 109 Å². The average molecular weight is 967 g/mol. The van der Waals surface area contributed by atoms with E-state index in [4.69, 9.17) is 4.74 Å². The van der Waals surface area contributed by atoms with Crippen molar-refractivity contribution in [3.05, 3.63) is 143 Å². The molecule has 8 rings (SSSR count). The van der Waals surface area contributed by atoms with E-state index in [2.05, 4.69) is 56.5 Å². The van der Waals surface area contributed by atoms with Gasteiger partial charge in [-0.05, 0) is 96.0 Å². The van der Waals surface area contributed by atoms with Crippen LogP contribution in [0.1, 0.15) is 92.4 Å². The smallest absolute Gasteiger partial charge is 0.407 e. The second-order valence-electron chi connectivity index (χ2n) is 20.3. The van der Waals surface area contributed by atoms with E-state index in [1.165, 1.54) is 29.0 Å². The van der Waals surface area contributed by atoms with Crippen molar-refractivity contribution in [2.45, 2.75) is 115 Å². The van der Waals surface area contributed by atoms with Crippen LogP contribution >= 0.6 is 0 Å². The highest BCUT2D eigenvalue weighted by molar-refractivity contribution is 5.96. The number of aromatic nitrogens is 1. The maximum absolute atomic E-state index is 14.7. The summed E-state index contributed by atoms with van der Waals surface area (Å²) >= 11 is 0. The maximum atomic E-state index is 14.7. The SMILES string of the molecule is COC[C@H](c1ccccc1)N1Cc2ccccc2C[C@H]1C(=O)NCc1ccc2c(ccn2C(=O)N[C@H]2C[C@@H](C(=O)N[C@@H]3CCCc4ccccc43)N(C(=O)[C@@H](NC(=O)[C@H](C)N(C)C(=O)O)C(C)(C)C)C2)c1. The first-order valence-corrected chi connectivity index (χ1v) is 24.5. The molecule has 6 amide bonds. The molecule has 3 aliphatic rings. The molecule has 0 radical (unpaired) electrons. The standard InChI is InChI=1S/C55H66N8O8/c1-34(60(5)54(69)70)49(64)59-48(55(2,3)4)52(67)63-32-41(29-46(63)51(66)58-43-22-14-20-36-15-12-13-21-42(36)43)57-53(68)61-26-25-39-27-35(23-24-44(39)61)30-56-50(65)45-28-38-18-10-11-19-40(38)31-62(45)47(33-71-6)37-16-8-7-9-17-37/h7-13,15-19,21,23-27,34,41,43,45-48H,14,20,22,28-33H2,1-6H3,(H,56,65)(H,57,68)(H,58,66)(H,59,64)(H,69,70)/t34-,41-,43+,45-,46-,47+,48+/m0/s1. The van der Waals surface area contributed by atoms with E-state index < -0.39 is 59.6 Å². The number of benzene rings is 4. The summed E-state index contributed by atoms with van der Waals surface area (Å²) in [6, 6.07) is 28.7. The van der Waals surface area contributed by atoms with Gasteiger partial charge in [-0.25, -0.2) is 9.59 Å². The molecule has 0 bridgehead atoms. The summed E-state index contributed by atoms with van der Waals surface area (Å²) in [5.41, 5.74) is 6.24. The van der Waals surface area contributed by atoms with Crippen LogP contribution in [0, 0.1) is 5.41 Å². The second kappa shape index (κ2) is 21.5. The van der Waals surface area contributed by atoms with E-state index >= 15 is 0 Å². The number of fused-ring (bicyclic) bond motifs is 3. The first-order chi connectivity index (χ1) is 34.0. The van der Waals surface area contributed by atoms with Crippen LogP contribution in [-0.4, -0.2) is 118 Å². The number of carbonyl (C=O) groups is 6. The predicted molar refractivity (Wildman–Crippen MR) is 269 cm³/mol. The molecule has 1 aliphatic carbocycles. The fourth-order valence-corrected chi connectivity index (χ4v) is 10.4. The van der Waals surface area contributed by atoms with Gasteiger partial charge in [0.25, 0.3) is 0 Å². The second-order valence-corrected chi connectivity index (χ2v) is 20.3. The summed E-state index contributed by atoms with van der Waals surface area (Å²) in [7, 11) is 2.96. The molecule has 3 heterocycles. The van der Waals surface area contributed by atoms with Gasteiger partial charge >= 0.3 is 12.1 Å². The number of hydrogen-bond donors (Lipinski definition) is 5. The van der Waals surface area contributed by atoms with Crippen LogP contribution in [-0.2, 0) is 49.8 Å². The number of amides is 6. The highest BCUT2D eigenvalue weighted by Crippen LogP contribution is 2.34. The molecule has 0 unspecified atom stereocenters. The molecule has 2 aliphatic heterocycles. The Hall–Kier alpha value is -7.04. The minimum absolute atomic E-state index is 0.0123. The third-order valence-electron chi connectivity index (χ3n) is 14.5. The van der Waals surface area contributed by atoms with E-state index in [0.717, 1.165) is 57.4 Å². The number of methoxy groups -OCH3 is 1. The van der Waals surface area contributed by atoms with E-state index in [1.807, 2.05) is 72.8 Å². The fraction of sp³-hybridized carbons (Fsp3) is 0.418. The molecule has 1 saturated heterocycles. The summed E-state index contributed by atoms with van der Waals surface area (Å²) in [5, 5.41) is 22.6. The summed E-state index contributed by atoms with van der Waals surface area (Å²) in [5.74, 6) is -1.64. The number of hydrogen-bond acceptors (Lipinski definition) is 8. The Labute approximate surface area is 415 Å². The Bertz CT molecular complexity index is 2770. The number of aryl methyl sites for hydroxylation is 1. The van der Waals surface area contributed by atoms with Gasteiger partial charge in [-0.1, -0.05) is 106 Å². The van der Waals surface area contributed by atoms with E-state index in [1.54, 1.807) is 34.1 Å². The average Bonchev–Trinajstić information content (AvgIpc) is 4.00. The van der Waals surface area contributed by atoms with Gasteiger partial charge in [0.15, 0.2) is 0 Å². The highest BCUT2D eigenvalue weighted by Gasteiger charge is 2.46. The van der Waals surface area contributed by atoms with Crippen molar-refractivity contribution >= 4 is 46.7 Å². The molecule has 71 heavy (non-hydrogen) atoms. The third kappa shape index (κ3) is 11.1. The first-order valence-electron chi connectivity index (χ1n) is 24.5. The number of ether oxygens (including phenoxy) is 1. The van der Waals surface area contributed by atoms with Gasteiger partial charge in [0, 0.05) is 45.4 Å². The fourth-order valence-electron chi connectivity index (χ4n) is 10.4. The van der Waals surface area contributed by atoms with Crippen molar-refractivity contribution in [3.63, 3.8) is 0 Å². The summed E-state index contributed by atoms with van der Waals surface area (Å²) < 4.78 is 7.19. The Morgan fingerprint density at radius 3 is 2.27 bits per heavy atom.